The van der Waals surface area contributed by atoms with Crippen molar-refractivity contribution in [2.75, 3.05) is 0 Å². The Balaban J connectivity index is 1.83. The molecule has 0 saturated carbocycles. The Morgan fingerprint density at radius 3 is 2.36 bits per heavy atom. The first kappa shape index (κ1) is 30.7. The topological polar surface area (TPSA) is 130 Å². The molecule has 0 aliphatic heterocycles. The molecule has 4 rings (SSSR count). The number of ether oxygens (including phenoxy) is 1. The van der Waals surface area contributed by atoms with E-state index in [2.05, 4.69) is 20.2 Å². The lowest BCUT2D eigenvalue weighted by atomic mass is 10.2. The molecule has 0 aliphatic rings. The maximum Gasteiger partial charge on any atom is 0.420 e. The number of hydrogen-bond acceptors (Lipinski definition) is 8. The van der Waals surface area contributed by atoms with Crippen molar-refractivity contribution in [3.63, 3.8) is 0 Å². The lowest BCUT2D eigenvalue weighted by Gasteiger charge is -2.15. The fraction of sp³-hybridized carbons (Fsp3) is 0.333. The molecule has 2 atom stereocenters. The zero-order valence-corrected chi connectivity index (χ0v) is 22.3. The van der Waals surface area contributed by atoms with Crippen molar-refractivity contribution in [1.29, 1.82) is 0 Å². The summed E-state index contributed by atoms with van der Waals surface area (Å²) in [7, 11) is 0. The molecule has 4 aromatic rings. The number of aromatic nitrogens is 7. The van der Waals surface area contributed by atoms with E-state index < -0.39 is 60.7 Å². The molecule has 18 heteroatoms. The summed E-state index contributed by atoms with van der Waals surface area (Å²) >= 11 is 5.88. The first-order chi connectivity index (χ1) is 19.6. The molecule has 1 N–H and O–H groups in total. The van der Waals surface area contributed by atoms with Gasteiger partial charge >= 0.3 is 24.0 Å². The lowest BCUT2D eigenvalue weighted by molar-refractivity contribution is -0.207. The zero-order chi connectivity index (χ0) is 31.0. The van der Waals surface area contributed by atoms with Gasteiger partial charge in [-0.2, -0.15) is 31.0 Å². The normalized spacial score (nSPS) is 13.7. The second-order valence-corrected chi connectivity index (χ2v) is 9.30. The molecule has 1 aromatic carbocycles. The van der Waals surface area contributed by atoms with Gasteiger partial charge in [-0.1, -0.05) is 11.6 Å². The summed E-state index contributed by atoms with van der Waals surface area (Å²) in [5.74, 6) is -2.35. The summed E-state index contributed by atoms with van der Waals surface area (Å²) in [5, 5.41) is 18.1. The second kappa shape index (κ2) is 11.6. The van der Waals surface area contributed by atoms with Crippen LogP contribution >= 0.6 is 11.6 Å². The Morgan fingerprint density at radius 2 is 1.76 bits per heavy atom. The minimum atomic E-state index is -5.06. The van der Waals surface area contributed by atoms with Crippen LogP contribution in [0.1, 0.15) is 37.2 Å². The number of nitrogens with zero attached hydrogens (tertiary/aromatic N) is 7. The van der Waals surface area contributed by atoms with Crippen LogP contribution in [0.4, 0.5) is 26.3 Å². The second-order valence-electron chi connectivity index (χ2n) is 8.86. The predicted octanol–water partition coefficient (Wildman–Crippen LogP) is 3.96. The van der Waals surface area contributed by atoms with Gasteiger partial charge in [0.05, 0.1) is 6.54 Å². The van der Waals surface area contributed by atoms with Crippen molar-refractivity contribution >= 4 is 17.6 Å². The molecular weight excluding hydrogens is 600 g/mol. The molecule has 11 nitrogen and oxygen atoms in total. The van der Waals surface area contributed by atoms with E-state index in [9.17, 15) is 41.0 Å². The van der Waals surface area contributed by atoms with Gasteiger partial charge in [0.15, 0.2) is 35.5 Å². The van der Waals surface area contributed by atoms with Gasteiger partial charge in [-0.25, -0.2) is 19.4 Å². The number of benzene rings is 1. The Bertz CT molecular complexity index is 1650. The quantitative estimate of drug-likeness (QED) is 0.232. The Morgan fingerprint density at radius 1 is 1.10 bits per heavy atom. The fourth-order valence-electron chi connectivity index (χ4n) is 3.87. The monoisotopic (exact) mass is 619 g/mol. The highest BCUT2D eigenvalue weighted by Gasteiger charge is 2.40. The molecule has 42 heavy (non-hydrogen) atoms. The smallest absolute Gasteiger partial charge is 0.420 e. The van der Waals surface area contributed by atoms with Crippen LogP contribution in [0, 0.1) is 0 Å². The van der Waals surface area contributed by atoms with E-state index in [4.69, 9.17) is 16.3 Å². The maximum absolute atomic E-state index is 13.8. The number of aliphatic hydroxyl groups excluding tert-OH is 1. The number of carbonyl (C=O) groups excluding carboxylic acids is 1. The minimum absolute atomic E-state index is 0.176. The van der Waals surface area contributed by atoms with E-state index in [0.717, 1.165) is 25.3 Å². The summed E-state index contributed by atoms with van der Waals surface area (Å²) in [6, 6.07) is 7.39. The van der Waals surface area contributed by atoms with Crippen molar-refractivity contribution in [3.8, 4) is 17.2 Å². The number of esters is 1. The average molecular weight is 620 g/mol. The van der Waals surface area contributed by atoms with Gasteiger partial charge in [-0.15, -0.1) is 10.2 Å². The SMILES string of the molecule is CC(=O)OC(C)c1nc(Cn2nc(-c3ccc(Cl)cc3)n(CC(O)C(F)(F)F)c2=O)nn1-c1ncccc1C(F)(F)F. The van der Waals surface area contributed by atoms with Crippen LogP contribution < -0.4 is 5.69 Å². The highest BCUT2D eigenvalue weighted by Crippen LogP contribution is 2.33. The Kier molecular flexibility index (Phi) is 8.45. The Hall–Kier alpha value is -4.25. The minimum Gasteiger partial charge on any atom is -0.455 e. The predicted molar refractivity (Wildman–Crippen MR) is 132 cm³/mol. The standard InChI is InChI=1S/C24H20ClF6N7O4/c1-12(42-13(2)39)19-33-18(34-38(19)21-16(23(26,27)28)4-3-9-32-21)11-37-22(41)36(10-17(40)24(29,30)31)20(35-37)14-5-7-15(25)8-6-14/h3-9,12,17,40H,10-11H2,1-2H3. The molecule has 0 aliphatic carbocycles. The maximum atomic E-state index is 13.8. The Labute approximate surface area is 236 Å². The van der Waals surface area contributed by atoms with Crippen molar-refractivity contribution < 1.29 is 41.0 Å². The molecule has 0 bridgehead atoms. The highest BCUT2D eigenvalue weighted by atomic mass is 35.5. The summed E-state index contributed by atoms with van der Waals surface area (Å²) in [6.45, 7) is 0.551. The van der Waals surface area contributed by atoms with Crippen molar-refractivity contribution in [2.45, 2.75) is 51.5 Å². The number of carbonyl (C=O) groups is 1. The van der Waals surface area contributed by atoms with Gasteiger partial charge < -0.3 is 9.84 Å². The van der Waals surface area contributed by atoms with Crippen molar-refractivity contribution in [1.82, 2.24) is 34.1 Å². The molecule has 3 aromatic heterocycles. The molecule has 2 unspecified atom stereocenters. The van der Waals surface area contributed by atoms with Crippen LogP contribution in [0.5, 0.6) is 0 Å². The molecule has 3 heterocycles. The number of aliphatic hydroxyl groups is 1. The van der Waals surface area contributed by atoms with Crippen molar-refractivity contribution in [3.05, 3.63) is 75.3 Å². The van der Waals surface area contributed by atoms with E-state index in [1.807, 2.05) is 0 Å². The highest BCUT2D eigenvalue weighted by molar-refractivity contribution is 6.30. The largest absolute Gasteiger partial charge is 0.455 e. The molecule has 0 saturated heterocycles. The van der Waals surface area contributed by atoms with Crippen LogP contribution in [0.3, 0.4) is 0 Å². The molecule has 0 radical (unpaired) electrons. The molecule has 0 fully saturated rings. The summed E-state index contributed by atoms with van der Waals surface area (Å²) in [6.07, 6.45) is -13.0. The summed E-state index contributed by atoms with van der Waals surface area (Å²) in [5.41, 5.74) is -2.12. The molecule has 0 spiro atoms. The van der Waals surface area contributed by atoms with Gasteiger partial charge in [0.1, 0.15) is 12.1 Å². The van der Waals surface area contributed by atoms with Crippen LogP contribution in [-0.2, 0) is 28.8 Å². The van der Waals surface area contributed by atoms with Gasteiger partial charge in [0, 0.05) is 23.7 Å². The number of hydrogen-bond donors (Lipinski definition) is 1. The molecule has 224 valence electrons. The van der Waals surface area contributed by atoms with Crippen LogP contribution in [0.2, 0.25) is 5.02 Å². The van der Waals surface area contributed by atoms with E-state index in [1.54, 1.807) is 0 Å². The van der Waals surface area contributed by atoms with Crippen LogP contribution in [-0.4, -0.2) is 57.5 Å². The number of alkyl halides is 6. The lowest BCUT2D eigenvalue weighted by Crippen LogP contribution is -2.37. The third-order valence-corrected chi connectivity index (χ3v) is 5.98. The van der Waals surface area contributed by atoms with E-state index in [1.165, 1.54) is 31.2 Å². The van der Waals surface area contributed by atoms with Gasteiger partial charge in [-0.05, 0) is 43.3 Å². The van der Waals surface area contributed by atoms with Crippen molar-refractivity contribution in [2.24, 2.45) is 0 Å². The first-order valence-corrected chi connectivity index (χ1v) is 12.3. The number of halogens is 7. The summed E-state index contributed by atoms with van der Waals surface area (Å²) in [4.78, 5) is 32.6. The third kappa shape index (κ3) is 6.62. The number of pyridine rings is 1. The third-order valence-electron chi connectivity index (χ3n) is 5.72. The van der Waals surface area contributed by atoms with Crippen LogP contribution in [0.15, 0.2) is 47.4 Å². The van der Waals surface area contributed by atoms with Gasteiger partial charge in [0.25, 0.3) is 0 Å². The molecule has 0 amide bonds. The van der Waals surface area contributed by atoms with Gasteiger partial charge in [-0.3, -0.25) is 9.36 Å². The van der Waals surface area contributed by atoms with Gasteiger partial charge in [0.2, 0.25) is 0 Å². The van der Waals surface area contributed by atoms with Crippen LogP contribution in [0.25, 0.3) is 17.2 Å². The zero-order valence-electron chi connectivity index (χ0n) is 21.6. The first-order valence-electron chi connectivity index (χ1n) is 11.9. The summed E-state index contributed by atoms with van der Waals surface area (Å²) < 4.78 is 87.7. The van der Waals surface area contributed by atoms with E-state index >= 15 is 0 Å². The average Bonchev–Trinajstić information content (AvgIpc) is 3.45. The van der Waals surface area contributed by atoms with E-state index in [-0.39, 0.29) is 23.0 Å². The van der Waals surface area contributed by atoms with E-state index in [0.29, 0.717) is 19.0 Å². The number of rotatable bonds is 8. The fourth-order valence-corrected chi connectivity index (χ4v) is 4.00. The molecular formula is C24H20ClF6N7O4.